The van der Waals surface area contributed by atoms with Crippen molar-refractivity contribution in [1.82, 2.24) is 0 Å². The Bertz CT molecular complexity index is 957. The van der Waals surface area contributed by atoms with Crippen LogP contribution in [-0.4, -0.2) is 25.5 Å². The molecule has 0 spiro atoms. The van der Waals surface area contributed by atoms with Crippen LogP contribution in [0.3, 0.4) is 0 Å². The molecule has 0 aliphatic carbocycles. The van der Waals surface area contributed by atoms with Gasteiger partial charge in [-0.3, -0.25) is 19.4 Å². The molecule has 1 aliphatic heterocycles. The van der Waals surface area contributed by atoms with E-state index >= 15 is 0 Å². The maximum Gasteiger partial charge on any atom is 0.255 e. The monoisotopic (exact) mass is 378 g/mol. The minimum atomic E-state index is -0.704. The van der Waals surface area contributed by atoms with Gasteiger partial charge < -0.3 is 4.74 Å². The Morgan fingerprint density at radius 3 is 2.44 bits per heavy atom. The lowest BCUT2D eigenvalue weighted by molar-refractivity contribution is -0.128. The van der Waals surface area contributed by atoms with E-state index < -0.39 is 6.04 Å². The van der Waals surface area contributed by atoms with Crippen molar-refractivity contribution >= 4 is 34.5 Å². The minimum Gasteiger partial charge on any atom is -0.495 e. The zero-order chi connectivity index (χ0) is 18.8. The Morgan fingerprint density at radius 1 is 1.00 bits per heavy atom. The number of hydrogen-bond acceptors (Lipinski definition) is 4. The molecule has 3 aromatic rings. The number of amides is 2. The van der Waals surface area contributed by atoms with Crippen molar-refractivity contribution < 1.29 is 14.3 Å². The van der Waals surface area contributed by atoms with E-state index in [2.05, 4.69) is 0 Å². The van der Waals surface area contributed by atoms with Gasteiger partial charge in [0.05, 0.1) is 12.8 Å². The van der Waals surface area contributed by atoms with E-state index in [0.717, 1.165) is 5.56 Å². The van der Waals surface area contributed by atoms with E-state index in [9.17, 15) is 9.59 Å². The molecule has 27 heavy (non-hydrogen) atoms. The molecule has 0 bridgehead atoms. The fourth-order valence-corrected chi connectivity index (χ4v) is 4.03. The van der Waals surface area contributed by atoms with Crippen LogP contribution < -0.4 is 14.5 Å². The first kappa shape index (κ1) is 17.3. The third kappa shape index (κ3) is 3.08. The molecule has 0 N–H and O–H groups in total. The second-order valence-corrected chi connectivity index (χ2v) is 6.93. The van der Waals surface area contributed by atoms with Crippen LogP contribution in [0.25, 0.3) is 0 Å². The molecule has 0 saturated carbocycles. The Balaban J connectivity index is 1.81. The summed E-state index contributed by atoms with van der Waals surface area (Å²) in [4.78, 5) is 29.7. The molecule has 1 atom stereocenters. The summed E-state index contributed by atoms with van der Waals surface area (Å²) < 4.78 is 5.40. The van der Waals surface area contributed by atoms with Gasteiger partial charge in [-0.1, -0.05) is 30.3 Å². The van der Waals surface area contributed by atoms with Gasteiger partial charge in [-0.05, 0) is 46.7 Å². The number of methoxy groups -OCH3 is 1. The highest BCUT2D eigenvalue weighted by Gasteiger charge is 2.42. The van der Waals surface area contributed by atoms with Crippen molar-refractivity contribution in [2.75, 3.05) is 23.5 Å². The lowest BCUT2D eigenvalue weighted by Crippen LogP contribution is -2.56. The van der Waals surface area contributed by atoms with Gasteiger partial charge >= 0.3 is 0 Å². The van der Waals surface area contributed by atoms with Crippen LogP contribution in [0.15, 0.2) is 71.4 Å². The quantitative estimate of drug-likeness (QED) is 0.692. The van der Waals surface area contributed by atoms with Crippen molar-refractivity contribution in [3.63, 3.8) is 0 Å². The molecule has 1 aliphatic rings. The van der Waals surface area contributed by atoms with Crippen molar-refractivity contribution in [2.24, 2.45) is 0 Å². The summed E-state index contributed by atoms with van der Waals surface area (Å²) in [5, 5.41) is 3.83. The SMILES string of the molecule is COc1ccccc1N1CC(=O)N(c2ccccc2)C(c2ccsc2)C1=O. The van der Waals surface area contributed by atoms with Gasteiger partial charge in [-0.25, -0.2) is 0 Å². The molecular formula is C21H18N2O3S. The van der Waals surface area contributed by atoms with E-state index in [4.69, 9.17) is 4.74 Å². The standard InChI is InChI=1S/C21H18N2O3S/c1-26-18-10-6-5-9-17(18)22-13-19(24)23(16-7-3-2-4-8-16)20(21(22)25)15-11-12-27-14-15/h2-12,14,20H,13H2,1H3. The van der Waals surface area contributed by atoms with E-state index in [1.807, 2.05) is 59.3 Å². The maximum absolute atomic E-state index is 13.5. The molecule has 2 amide bonds. The summed E-state index contributed by atoms with van der Waals surface area (Å²) in [6, 6.07) is 17.8. The number of benzene rings is 2. The first-order chi connectivity index (χ1) is 13.2. The highest BCUT2D eigenvalue weighted by molar-refractivity contribution is 7.08. The average molecular weight is 378 g/mol. The van der Waals surface area contributed by atoms with E-state index in [0.29, 0.717) is 17.1 Å². The number of anilines is 2. The van der Waals surface area contributed by atoms with Crippen LogP contribution >= 0.6 is 11.3 Å². The maximum atomic E-state index is 13.5. The highest BCUT2D eigenvalue weighted by Crippen LogP contribution is 2.37. The highest BCUT2D eigenvalue weighted by atomic mass is 32.1. The Morgan fingerprint density at radius 2 is 1.74 bits per heavy atom. The number of carbonyl (C=O) groups excluding carboxylic acids is 2. The van der Waals surface area contributed by atoms with Crippen LogP contribution in [0, 0.1) is 0 Å². The predicted octanol–water partition coefficient (Wildman–Crippen LogP) is 3.88. The second-order valence-electron chi connectivity index (χ2n) is 6.15. The van der Waals surface area contributed by atoms with Gasteiger partial charge in [0, 0.05) is 5.69 Å². The lowest BCUT2D eigenvalue weighted by Gasteiger charge is -2.40. The van der Waals surface area contributed by atoms with Crippen LogP contribution in [0.5, 0.6) is 5.75 Å². The van der Waals surface area contributed by atoms with E-state index in [-0.39, 0.29) is 18.4 Å². The number of piperazine rings is 1. The number of carbonyl (C=O) groups is 2. The van der Waals surface area contributed by atoms with Gasteiger partial charge in [0.15, 0.2) is 0 Å². The summed E-state index contributed by atoms with van der Waals surface area (Å²) >= 11 is 1.51. The first-order valence-electron chi connectivity index (χ1n) is 8.54. The molecular weight excluding hydrogens is 360 g/mol. The molecule has 5 nitrogen and oxygen atoms in total. The molecule has 4 rings (SSSR count). The molecule has 2 heterocycles. The largest absolute Gasteiger partial charge is 0.495 e. The van der Waals surface area contributed by atoms with Crippen molar-refractivity contribution in [3.05, 3.63) is 77.0 Å². The summed E-state index contributed by atoms with van der Waals surface area (Å²) in [5.41, 5.74) is 2.12. The molecule has 1 unspecified atom stereocenters. The smallest absolute Gasteiger partial charge is 0.255 e. The number of para-hydroxylation sites is 3. The summed E-state index contributed by atoms with van der Waals surface area (Å²) in [6.07, 6.45) is 0. The first-order valence-corrected chi connectivity index (χ1v) is 9.48. The fraction of sp³-hybridized carbons (Fsp3) is 0.143. The van der Waals surface area contributed by atoms with Crippen LogP contribution in [-0.2, 0) is 9.59 Å². The number of rotatable bonds is 4. The molecule has 1 fully saturated rings. The second kappa shape index (κ2) is 7.25. The Hall–Kier alpha value is -3.12. The summed E-state index contributed by atoms with van der Waals surface area (Å²) in [7, 11) is 1.56. The lowest BCUT2D eigenvalue weighted by atomic mass is 10.0. The Kier molecular flexibility index (Phi) is 4.64. The third-order valence-corrected chi connectivity index (χ3v) is 5.29. The van der Waals surface area contributed by atoms with Gasteiger partial charge in [-0.2, -0.15) is 11.3 Å². The van der Waals surface area contributed by atoms with Crippen molar-refractivity contribution in [1.29, 1.82) is 0 Å². The molecule has 1 saturated heterocycles. The van der Waals surface area contributed by atoms with Crippen LogP contribution in [0.1, 0.15) is 11.6 Å². The molecule has 2 aromatic carbocycles. The Labute approximate surface area is 161 Å². The topological polar surface area (TPSA) is 49.9 Å². The zero-order valence-corrected chi connectivity index (χ0v) is 15.6. The van der Waals surface area contributed by atoms with Crippen molar-refractivity contribution in [3.8, 4) is 5.75 Å². The number of thiophene rings is 1. The summed E-state index contributed by atoms with van der Waals surface area (Å²) in [5.74, 6) is 0.278. The van der Waals surface area contributed by atoms with E-state index in [1.165, 1.54) is 16.2 Å². The fourth-order valence-electron chi connectivity index (χ4n) is 3.35. The number of ether oxygens (including phenoxy) is 1. The third-order valence-electron chi connectivity index (χ3n) is 4.59. The number of hydrogen-bond donors (Lipinski definition) is 0. The van der Waals surface area contributed by atoms with Gasteiger partial charge in [0.1, 0.15) is 18.3 Å². The molecule has 1 aromatic heterocycles. The van der Waals surface area contributed by atoms with Crippen LogP contribution in [0.4, 0.5) is 11.4 Å². The minimum absolute atomic E-state index is 0.0330. The van der Waals surface area contributed by atoms with E-state index in [1.54, 1.807) is 24.1 Å². The zero-order valence-electron chi connectivity index (χ0n) is 14.7. The average Bonchev–Trinajstić information content (AvgIpc) is 3.24. The predicted molar refractivity (Wildman–Crippen MR) is 106 cm³/mol. The van der Waals surface area contributed by atoms with Gasteiger partial charge in [0.2, 0.25) is 5.91 Å². The van der Waals surface area contributed by atoms with Gasteiger partial charge in [-0.15, -0.1) is 0 Å². The summed E-state index contributed by atoms with van der Waals surface area (Å²) in [6.45, 7) is -0.0330. The molecule has 136 valence electrons. The van der Waals surface area contributed by atoms with Crippen LogP contribution in [0.2, 0.25) is 0 Å². The van der Waals surface area contributed by atoms with Crippen molar-refractivity contribution in [2.45, 2.75) is 6.04 Å². The number of nitrogens with zero attached hydrogens (tertiary/aromatic N) is 2. The molecule has 6 heteroatoms. The van der Waals surface area contributed by atoms with Gasteiger partial charge in [0.25, 0.3) is 5.91 Å². The molecule has 0 radical (unpaired) electrons. The normalized spacial score (nSPS) is 17.3.